The van der Waals surface area contributed by atoms with Crippen LogP contribution in [0.15, 0.2) is 11.6 Å². The SMILES string of the molecule is CC(C)C1CCC2C1(C)CCC1(C)C3=CCC4C(C)(C)C(O)C(O)CC4(C)C3CCC21C. The smallest absolute Gasteiger partial charge is 0.0853 e. The number of fused-ring (bicyclic) bond motifs is 7. The molecule has 2 N–H and O–H groups in total. The van der Waals surface area contributed by atoms with Crippen LogP contribution in [0, 0.1) is 56.7 Å². The van der Waals surface area contributed by atoms with Crippen LogP contribution in [-0.4, -0.2) is 22.4 Å². The van der Waals surface area contributed by atoms with Crippen LogP contribution in [0.3, 0.4) is 0 Å². The highest BCUT2D eigenvalue weighted by atomic mass is 16.3. The Morgan fingerprint density at radius 3 is 2.19 bits per heavy atom. The first-order valence-electron chi connectivity index (χ1n) is 13.8. The molecular weight excluding hydrogens is 392 g/mol. The van der Waals surface area contributed by atoms with Gasteiger partial charge in [-0.2, -0.15) is 0 Å². The molecule has 32 heavy (non-hydrogen) atoms. The van der Waals surface area contributed by atoms with Crippen molar-refractivity contribution in [3.8, 4) is 0 Å². The zero-order valence-electron chi connectivity index (χ0n) is 22.2. The van der Waals surface area contributed by atoms with E-state index in [0.717, 1.165) is 30.6 Å². The molecule has 5 rings (SSSR count). The second-order valence-corrected chi connectivity index (χ2v) is 14.8. The van der Waals surface area contributed by atoms with Crippen molar-refractivity contribution < 1.29 is 10.2 Å². The summed E-state index contributed by atoms with van der Waals surface area (Å²) in [5.74, 6) is 3.52. The summed E-state index contributed by atoms with van der Waals surface area (Å²) in [6.45, 7) is 19.7. The number of aliphatic hydroxyl groups excluding tert-OH is 2. The lowest BCUT2D eigenvalue weighted by Gasteiger charge is -2.69. The third-order valence-electron chi connectivity index (χ3n) is 13.2. The molecule has 182 valence electrons. The lowest BCUT2D eigenvalue weighted by atomic mass is 9.35. The van der Waals surface area contributed by atoms with Crippen LogP contribution < -0.4 is 0 Å². The van der Waals surface area contributed by atoms with Crippen LogP contribution in [0.2, 0.25) is 0 Å². The molecule has 10 unspecified atom stereocenters. The second-order valence-electron chi connectivity index (χ2n) is 14.8. The summed E-state index contributed by atoms with van der Waals surface area (Å²) >= 11 is 0. The Balaban J connectivity index is 1.56. The van der Waals surface area contributed by atoms with Crippen molar-refractivity contribution in [2.24, 2.45) is 56.7 Å². The Labute approximate surface area is 197 Å². The van der Waals surface area contributed by atoms with Crippen molar-refractivity contribution >= 4 is 0 Å². The minimum Gasteiger partial charge on any atom is -0.390 e. The highest BCUT2D eigenvalue weighted by Crippen LogP contribution is 2.76. The van der Waals surface area contributed by atoms with Gasteiger partial charge in [-0.1, -0.05) is 67.0 Å². The predicted octanol–water partition coefficient (Wildman–Crippen LogP) is 7.00. The molecule has 0 radical (unpaired) electrons. The standard InChI is InChI=1S/C30H50O2/c1-18(2)19-9-12-24-27(19,5)15-16-29(7)21-10-11-23-26(3,4)25(32)22(31)17-28(23,6)20(21)13-14-30(24,29)8/h10,18-20,22-25,31-32H,9,11-17H2,1-8H3. The van der Waals surface area contributed by atoms with Gasteiger partial charge in [-0.05, 0) is 108 Å². The number of hydrogen-bond donors (Lipinski definition) is 2. The first-order valence-corrected chi connectivity index (χ1v) is 13.8. The molecule has 4 saturated carbocycles. The normalized spacial score (nSPS) is 56.7. The molecule has 0 aromatic carbocycles. The van der Waals surface area contributed by atoms with Gasteiger partial charge in [-0.25, -0.2) is 0 Å². The van der Waals surface area contributed by atoms with E-state index in [0.29, 0.717) is 22.7 Å². The average Bonchev–Trinajstić information content (AvgIpc) is 3.06. The summed E-state index contributed by atoms with van der Waals surface area (Å²) in [4.78, 5) is 0. The molecule has 0 aromatic heterocycles. The molecule has 0 saturated heterocycles. The molecule has 2 heteroatoms. The molecule has 0 bridgehead atoms. The van der Waals surface area contributed by atoms with E-state index in [9.17, 15) is 10.2 Å². The Bertz CT molecular complexity index is 812. The highest BCUT2D eigenvalue weighted by Gasteiger charge is 2.68. The lowest BCUT2D eigenvalue weighted by molar-refractivity contribution is -0.192. The zero-order chi connectivity index (χ0) is 23.5. The molecule has 0 aromatic rings. The van der Waals surface area contributed by atoms with E-state index >= 15 is 0 Å². The molecule has 4 fully saturated rings. The summed E-state index contributed by atoms with van der Waals surface area (Å²) in [7, 11) is 0. The third-order valence-corrected chi connectivity index (χ3v) is 13.2. The molecule has 0 amide bonds. The number of hydrogen-bond acceptors (Lipinski definition) is 2. The Kier molecular flexibility index (Phi) is 5.02. The van der Waals surface area contributed by atoms with Crippen molar-refractivity contribution in [2.45, 2.75) is 119 Å². The van der Waals surface area contributed by atoms with Crippen LogP contribution in [0.1, 0.15) is 107 Å². The fraction of sp³-hybridized carbons (Fsp3) is 0.933. The molecule has 2 nitrogen and oxygen atoms in total. The van der Waals surface area contributed by atoms with Gasteiger partial charge in [0.15, 0.2) is 0 Å². The molecule has 0 aliphatic heterocycles. The monoisotopic (exact) mass is 442 g/mol. The maximum absolute atomic E-state index is 10.9. The van der Waals surface area contributed by atoms with E-state index in [1.807, 2.05) is 0 Å². The van der Waals surface area contributed by atoms with Crippen LogP contribution in [0.5, 0.6) is 0 Å². The number of rotatable bonds is 1. The summed E-state index contributed by atoms with van der Waals surface area (Å²) in [6, 6.07) is 0. The maximum Gasteiger partial charge on any atom is 0.0853 e. The van der Waals surface area contributed by atoms with E-state index < -0.39 is 12.2 Å². The maximum atomic E-state index is 10.9. The second kappa shape index (κ2) is 6.87. The molecule has 10 atom stereocenters. The Morgan fingerprint density at radius 2 is 1.53 bits per heavy atom. The fourth-order valence-corrected chi connectivity index (χ4v) is 11.4. The Hall–Kier alpha value is -0.340. The van der Waals surface area contributed by atoms with Gasteiger partial charge < -0.3 is 10.2 Å². The van der Waals surface area contributed by atoms with E-state index in [4.69, 9.17) is 0 Å². The van der Waals surface area contributed by atoms with Crippen LogP contribution in [0.25, 0.3) is 0 Å². The van der Waals surface area contributed by atoms with Crippen molar-refractivity contribution in [1.29, 1.82) is 0 Å². The third kappa shape index (κ3) is 2.61. The van der Waals surface area contributed by atoms with Crippen molar-refractivity contribution in [2.75, 3.05) is 0 Å². The predicted molar refractivity (Wildman–Crippen MR) is 132 cm³/mol. The van der Waals surface area contributed by atoms with Gasteiger partial charge in [0.2, 0.25) is 0 Å². The fourth-order valence-electron chi connectivity index (χ4n) is 11.4. The van der Waals surface area contributed by atoms with Gasteiger partial charge in [-0.3, -0.25) is 0 Å². The van der Waals surface area contributed by atoms with E-state index in [-0.39, 0.29) is 16.2 Å². The highest BCUT2D eigenvalue weighted by molar-refractivity contribution is 5.34. The summed E-state index contributed by atoms with van der Waals surface area (Å²) in [6.07, 6.45) is 11.4. The molecule has 0 heterocycles. The van der Waals surface area contributed by atoms with Crippen molar-refractivity contribution in [3.05, 3.63) is 11.6 Å². The summed E-state index contributed by atoms with van der Waals surface area (Å²) < 4.78 is 0. The van der Waals surface area contributed by atoms with Gasteiger partial charge in [0.25, 0.3) is 0 Å². The minimum absolute atomic E-state index is 0.0907. The van der Waals surface area contributed by atoms with Gasteiger partial charge >= 0.3 is 0 Å². The van der Waals surface area contributed by atoms with Crippen molar-refractivity contribution in [1.82, 2.24) is 0 Å². The summed E-state index contributed by atoms with van der Waals surface area (Å²) in [5.41, 5.74) is 2.77. The Morgan fingerprint density at radius 1 is 0.844 bits per heavy atom. The number of allylic oxidation sites excluding steroid dienone is 2. The zero-order valence-corrected chi connectivity index (χ0v) is 22.2. The molecular formula is C30H50O2. The topological polar surface area (TPSA) is 40.5 Å². The van der Waals surface area contributed by atoms with E-state index in [1.165, 1.54) is 38.5 Å². The van der Waals surface area contributed by atoms with Gasteiger partial charge in [0.05, 0.1) is 12.2 Å². The van der Waals surface area contributed by atoms with Crippen LogP contribution in [0.4, 0.5) is 0 Å². The quantitative estimate of drug-likeness (QED) is 0.429. The van der Waals surface area contributed by atoms with Crippen LogP contribution >= 0.6 is 0 Å². The van der Waals surface area contributed by atoms with Crippen LogP contribution in [-0.2, 0) is 0 Å². The van der Waals surface area contributed by atoms with E-state index in [1.54, 1.807) is 5.57 Å². The number of aliphatic hydroxyl groups is 2. The van der Waals surface area contributed by atoms with Gasteiger partial charge in [0, 0.05) is 0 Å². The minimum atomic E-state index is -0.609. The van der Waals surface area contributed by atoms with Gasteiger partial charge in [0.1, 0.15) is 0 Å². The lowest BCUT2D eigenvalue weighted by Crippen LogP contribution is -2.64. The molecule has 0 spiro atoms. The average molecular weight is 443 g/mol. The summed E-state index contributed by atoms with van der Waals surface area (Å²) in [5, 5.41) is 21.8. The first-order chi connectivity index (χ1) is 14.7. The first kappa shape index (κ1) is 23.4. The van der Waals surface area contributed by atoms with Gasteiger partial charge in [-0.15, -0.1) is 0 Å². The largest absolute Gasteiger partial charge is 0.390 e. The van der Waals surface area contributed by atoms with E-state index in [2.05, 4.69) is 61.5 Å². The molecule has 5 aliphatic rings. The van der Waals surface area contributed by atoms with Crippen molar-refractivity contribution in [3.63, 3.8) is 0 Å². The molecule has 5 aliphatic carbocycles.